The van der Waals surface area contributed by atoms with Gasteiger partial charge in [0.05, 0.1) is 16.1 Å². The van der Waals surface area contributed by atoms with Crippen LogP contribution in [0.3, 0.4) is 0 Å². The standard InChI is InChI=1S/C10H10BrF3O2/c1-5(15)2-6-3-7(10(12,13)14)4-8(11)9(6)16/h3-5,15-16H,2H2,1H3. The van der Waals surface area contributed by atoms with E-state index >= 15 is 0 Å². The van der Waals surface area contributed by atoms with Crippen molar-refractivity contribution in [3.05, 3.63) is 27.7 Å². The highest BCUT2D eigenvalue weighted by atomic mass is 79.9. The van der Waals surface area contributed by atoms with Gasteiger partial charge >= 0.3 is 6.18 Å². The lowest BCUT2D eigenvalue weighted by Crippen LogP contribution is -2.09. The van der Waals surface area contributed by atoms with E-state index in [0.29, 0.717) is 0 Å². The summed E-state index contributed by atoms with van der Waals surface area (Å²) < 4.78 is 37.3. The molecule has 90 valence electrons. The van der Waals surface area contributed by atoms with Crippen molar-refractivity contribution in [1.29, 1.82) is 0 Å². The molecule has 1 unspecified atom stereocenters. The highest BCUT2D eigenvalue weighted by Gasteiger charge is 2.32. The molecule has 0 saturated heterocycles. The van der Waals surface area contributed by atoms with Crippen LogP contribution in [-0.4, -0.2) is 16.3 Å². The summed E-state index contributed by atoms with van der Waals surface area (Å²) >= 11 is 2.85. The first-order valence-corrected chi connectivity index (χ1v) is 5.27. The number of hydrogen-bond acceptors (Lipinski definition) is 2. The monoisotopic (exact) mass is 298 g/mol. The Labute approximate surface area is 98.8 Å². The maximum atomic E-state index is 12.5. The van der Waals surface area contributed by atoms with Crippen molar-refractivity contribution >= 4 is 15.9 Å². The zero-order valence-electron chi connectivity index (χ0n) is 8.35. The summed E-state index contributed by atoms with van der Waals surface area (Å²) in [5.74, 6) is -0.270. The molecule has 0 saturated carbocycles. The summed E-state index contributed by atoms with van der Waals surface area (Å²) in [6.07, 6.45) is -5.32. The molecule has 1 aromatic rings. The van der Waals surface area contributed by atoms with Crippen molar-refractivity contribution in [1.82, 2.24) is 0 Å². The van der Waals surface area contributed by atoms with E-state index in [9.17, 15) is 18.3 Å². The fourth-order valence-corrected chi connectivity index (χ4v) is 1.79. The number of aromatic hydroxyl groups is 1. The minimum absolute atomic E-state index is 0.0297. The Hall–Kier alpha value is -0.750. The summed E-state index contributed by atoms with van der Waals surface area (Å²) in [6.45, 7) is 1.44. The Kier molecular flexibility index (Phi) is 3.85. The van der Waals surface area contributed by atoms with E-state index < -0.39 is 17.8 Å². The number of alkyl halides is 3. The topological polar surface area (TPSA) is 40.5 Å². The molecule has 0 radical (unpaired) electrons. The maximum absolute atomic E-state index is 12.5. The molecule has 0 bridgehead atoms. The molecule has 0 heterocycles. The van der Waals surface area contributed by atoms with Crippen LogP contribution in [-0.2, 0) is 12.6 Å². The van der Waals surface area contributed by atoms with Crippen LogP contribution < -0.4 is 0 Å². The van der Waals surface area contributed by atoms with E-state index in [-0.39, 0.29) is 22.2 Å². The highest BCUT2D eigenvalue weighted by molar-refractivity contribution is 9.10. The van der Waals surface area contributed by atoms with Crippen molar-refractivity contribution in [2.75, 3.05) is 0 Å². The number of halogens is 4. The van der Waals surface area contributed by atoms with Crippen molar-refractivity contribution in [2.45, 2.75) is 25.6 Å². The lowest BCUT2D eigenvalue weighted by atomic mass is 10.0. The molecule has 1 aromatic carbocycles. The van der Waals surface area contributed by atoms with Crippen LogP contribution in [0.4, 0.5) is 13.2 Å². The lowest BCUT2D eigenvalue weighted by Gasteiger charge is -2.13. The van der Waals surface area contributed by atoms with Crippen LogP contribution in [0.2, 0.25) is 0 Å². The fraction of sp³-hybridized carbons (Fsp3) is 0.400. The van der Waals surface area contributed by atoms with Crippen LogP contribution >= 0.6 is 15.9 Å². The van der Waals surface area contributed by atoms with Crippen LogP contribution in [0.1, 0.15) is 18.1 Å². The van der Waals surface area contributed by atoms with E-state index in [1.807, 2.05) is 0 Å². The predicted octanol–water partition coefficient (Wildman–Crippen LogP) is 3.10. The minimum atomic E-state index is -4.47. The number of aliphatic hydroxyl groups is 1. The van der Waals surface area contributed by atoms with E-state index in [2.05, 4.69) is 15.9 Å². The van der Waals surface area contributed by atoms with Gasteiger partial charge in [0, 0.05) is 6.42 Å². The minimum Gasteiger partial charge on any atom is -0.506 e. The van der Waals surface area contributed by atoms with Gasteiger partial charge in [-0.25, -0.2) is 0 Å². The van der Waals surface area contributed by atoms with Crippen LogP contribution in [0.5, 0.6) is 5.75 Å². The Morgan fingerprint density at radius 3 is 2.38 bits per heavy atom. The molecule has 1 rings (SSSR count). The van der Waals surface area contributed by atoms with Gasteiger partial charge in [-0.05, 0) is 40.5 Å². The SMILES string of the molecule is CC(O)Cc1cc(C(F)(F)F)cc(Br)c1O. The number of benzene rings is 1. The Morgan fingerprint density at radius 1 is 1.38 bits per heavy atom. The molecule has 0 aliphatic heterocycles. The molecular weight excluding hydrogens is 289 g/mol. The van der Waals surface area contributed by atoms with Gasteiger partial charge in [0.1, 0.15) is 5.75 Å². The molecule has 2 nitrogen and oxygen atoms in total. The molecule has 1 atom stereocenters. The molecule has 0 aliphatic carbocycles. The zero-order chi connectivity index (χ0) is 12.5. The Bertz CT molecular complexity index is 388. The number of hydrogen-bond donors (Lipinski definition) is 2. The average Bonchev–Trinajstić information content (AvgIpc) is 2.10. The van der Waals surface area contributed by atoms with Crippen LogP contribution in [0, 0.1) is 0 Å². The van der Waals surface area contributed by atoms with E-state index in [0.717, 1.165) is 12.1 Å². The molecule has 0 amide bonds. The number of phenols is 1. The molecule has 0 spiro atoms. The van der Waals surface area contributed by atoms with Gasteiger partial charge in [-0.2, -0.15) is 13.2 Å². The van der Waals surface area contributed by atoms with Crippen molar-refractivity contribution in [3.63, 3.8) is 0 Å². The molecule has 0 fully saturated rings. The Balaban J connectivity index is 3.22. The summed E-state index contributed by atoms with van der Waals surface area (Å²) in [7, 11) is 0. The third-order valence-corrected chi connectivity index (χ3v) is 2.59. The summed E-state index contributed by atoms with van der Waals surface area (Å²) in [5, 5.41) is 18.6. The molecule has 2 N–H and O–H groups in total. The largest absolute Gasteiger partial charge is 0.506 e. The fourth-order valence-electron chi connectivity index (χ4n) is 1.29. The van der Waals surface area contributed by atoms with E-state index in [1.165, 1.54) is 6.92 Å². The van der Waals surface area contributed by atoms with Gasteiger partial charge in [-0.15, -0.1) is 0 Å². The number of aliphatic hydroxyl groups excluding tert-OH is 1. The average molecular weight is 299 g/mol. The quantitative estimate of drug-likeness (QED) is 0.881. The van der Waals surface area contributed by atoms with Gasteiger partial charge in [0.25, 0.3) is 0 Å². The first-order chi connectivity index (χ1) is 7.21. The van der Waals surface area contributed by atoms with Gasteiger partial charge in [0.2, 0.25) is 0 Å². The van der Waals surface area contributed by atoms with Crippen molar-refractivity contribution in [3.8, 4) is 5.75 Å². The lowest BCUT2D eigenvalue weighted by molar-refractivity contribution is -0.137. The third-order valence-electron chi connectivity index (χ3n) is 1.98. The first kappa shape index (κ1) is 13.3. The van der Waals surface area contributed by atoms with Crippen molar-refractivity contribution in [2.24, 2.45) is 0 Å². The van der Waals surface area contributed by atoms with Crippen LogP contribution in [0.25, 0.3) is 0 Å². The molecule has 16 heavy (non-hydrogen) atoms. The second-order valence-electron chi connectivity index (χ2n) is 3.52. The second kappa shape index (κ2) is 4.63. The number of phenolic OH excluding ortho intramolecular Hbond substituents is 1. The summed E-state index contributed by atoms with van der Waals surface area (Å²) in [4.78, 5) is 0. The molecule has 6 heteroatoms. The third kappa shape index (κ3) is 3.12. The maximum Gasteiger partial charge on any atom is 0.416 e. The second-order valence-corrected chi connectivity index (χ2v) is 4.37. The van der Waals surface area contributed by atoms with Crippen molar-refractivity contribution < 1.29 is 23.4 Å². The zero-order valence-corrected chi connectivity index (χ0v) is 9.93. The van der Waals surface area contributed by atoms with Gasteiger partial charge in [0.15, 0.2) is 0 Å². The van der Waals surface area contributed by atoms with Gasteiger partial charge in [-0.3, -0.25) is 0 Å². The Morgan fingerprint density at radius 2 is 1.94 bits per heavy atom. The smallest absolute Gasteiger partial charge is 0.416 e. The van der Waals surface area contributed by atoms with Gasteiger partial charge in [-0.1, -0.05) is 0 Å². The normalized spacial score (nSPS) is 13.9. The number of rotatable bonds is 2. The van der Waals surface area contributed by atoms with E-state index in [4.69, 9.17) is 5.11 Å². The molecule has 0 aliphatic rings. The van der Waals surface area contributed by atoms with Gasteiger partial charge < -0.3 is 10.2 Å². The highest BCUT2D eigenvalue weighted by Crippen LogP contribution is 2.37. The van der Waals surface area contributed by atoms with Crippen LogP contribution in [0.15, 0.2) is 16.6 Å². The summed E-state index contributed by atoms with van der Waals surface area (Å²) in [6, 6.07) is 1.65. The van der Waals surface area contributed by atoms with E-state index in [1.54, 1.807) is 0 Å². The molecule has 0 aromatic heterocycles. The summed E-state index contributed by atoms with van der Waals surface area (Å²) in [5.41, 5.74) is -0.787. The predicted molar refractivity (Wildman–Crippen MR) is 56.2 cm³/mol. The molecular formula is C10H10BrF3O2. The first-order valence-electron chi connectivity index (χ1n) is 4.48.